The number of benzene rings is 1. The van der Waals surface area contributed by atoms with Crippen LogP contribution in [0.25, 0.3) is 10.9 Å². The van der Waals surface area contributed by atoms with Crippen molar-refractivity contribution in [2.75, 3.05) is 5.32 Å². The summed E-state index contributed by atoms with van der Waals surface area (Å²) in [6.07, 6.45) is -1.84. The van der Waals surface area contributed by atoms with Crippen LogP contribution in [0.1, 0.15) is 21.7 Å². The van der Waals surface area contributed by atoms with Gasteiger partial charge in [0.25, 0.3) is 12.3 Å². The highest BCUT2D eigenvalue weighted by Crippen LogP contribution is 2.24. The summed E-state index contributed by atoms with van der Waals surface area (Å²) < 4.78 is 26.5. The highest BCUT2D eigenvalue weighted by Gasteiger charge is 2.18. The van der Waals surface area contributed by atoms with Crippen LogP contribution in [0.15, 0.2) is 24.3 Å². The molecule has 0 aliphatic heterocycles. The van der Waals surface area contributed by atoms with Gasteiger partial charge < -0.3 is 5.32 Å². The van der Waals surface area contributed by atoms with Gasteiger partial charge in [-0.05, 0) is 18.6 Å². The molecule has 0 atom stereocenters. The van der Waals surface area contributed by atoms with Crippen molar-refractivity contribution in [3.8, 4) is 0 Å². The zero-order valence-corrected chi connectivity index (χ0v) is 13.0. The van der Waals surface area contributed by atoms with Crippen LogP contribution in [0, 0.1) is 0 Å². The smallest absolute Gasteiger partial charge is 0.287 e. The molecule has 9 heteroatoms. The van der Waals surface area contributed by atoms with E-state index in [-0.39, 0.29) is 10.8 Å². The fraction of sp³-hybridized carbons (Fsp3) is 0.286. The van der Waals surface area contributed by atoms with Crippen LogP contribution in [0.4, 0.5) is 14.6 Å². The molecule has 1 N–H and O–H groups in total. The van der Waals surface area contributed by atoms with E-state index in [9.17, 15) is 13.6 Å². The summed E-state index contributed by atoms with van der Waals surface area (Å²) in [5.74, 6) is -0.214. The third kappa shape index (κ3) is 3.19. The van der Waals surface area contributed by atoms with Gasteiger partial charge in [0.1, 0.15) is 11.6 Å². The number of rotatable bonds is 5. The lowest BCUT2D eigenvalue weighted by Gasteiger charge is -2.01. The van der Waals surface area contributed by atoms with Gasteiger partial charge in [0.15, 0.2) is 5.82 Å². The summed E-state index contributed by atoms with van der Waals surface area (Å²) in [6.45, 7) is 1.39. The topological polar surface area (TPSA) is 72.7 Å². The Kier molecular flexibility index (Phi) is 4.28. The number of alkyl halides is 2. The molecule has 3 rings (SSSR count). The molecule has 0 aliphatic carbocycles. The number of carbonyl (C=O) groups excluding carboxylic acids is 1. The van der Waals surface area contributed by atoms with Gasteiger partial charge in [-0.15, -0.1) is 10.2 Å². The fourth-order valence-corrected chi connectivity index (χ4v) is 2.81. The molecule has 0 saturated heterocycles. The van der Waals surface area contributed by atoms with Gasteiger partial charge in [-0.3, -0.25) is 9.48 Å². The zero-order valence-electron chi connectivity index (χ0n) is 12.2. The SMILES string of the molecule is CCc1nnc(C(=O)Nc2nn(CC(F)F)c3ccccc23)s1. The van der Waals surface area contributed by atoms with Crippen molar-refractivity contribution in [2.24, 2.45) is 0 Å². The van der Waals surface area contributed by atoms with E-state index < -0.39 is 18.9 Å². The summed E-state index contributed by atoms with van der Waals surface area (Å²) in [7, 11) is 0. The van der Waals surface area contributed by atoms with Crippen molar-refractivity contribution in [1.82, 2.24) is 20.0 Å². The number of nitrogens with zero attached hydrogens (tertiary/aromatic N) is 4. The fourth-order valence-electron chi connectivity index (χ4n) is 2.14. The molecule has 0 saturated carbocycles. The minimum absolute atomic E-state index is 0.217. The average molecular weight is 337 g/mol. The van der Waals surface area contributed by atoms with Gasteiger partial charge >= 0.3 is 0 Å². The predicted octanol–water partition coefficient (Wildman–Crippen LogP) is 2.97. The summed E-state index contributed by atoms with van der Waals surface area (Å²) in [5.41, 5.74) is 0.537. The first kappa shape index (κ1) is 15.5. The number of para-hydroxylation sites is 1. The lowest BCUT2D eigenvalue weighted by molar-refractivity contribution is 0.102. The van der Waals surface area contributed by atoms with E-state index in [0.717, 1.165) is 5.01 Å². The number of anilines is 1. The van der Waals surface area contributed by atoms with Crippen LogP contribution in [0.5, 0.6) is 0 Å². The van der Waals surface area contributed by atoms with E-state index in [0.29, 0.717) is 17.3 Å². The number of nitrogens with one attached hydrogen (secondary N) is 1. The molecule has 0 unspecified atom stereocenters. The largest absolute Gasteiger partial charge is 0.302 e. The van der Waals surface area contributed by atoms with Gasteiger partial charge in [0, 0.05) is 5.39 Å². The number of carbonyl (C=O) groups is 1. The van der Waals surface area contributed by atoms with Gasteiger partial charge in [-0.1, -0.05) is 30.4 Å². The normalized spacial score (nSPS) is 11.3. The molecule has 1 aromatic carbocycles. The van der Waals surface area contributed by atoms with Crippen LogP contribution in [-0.2, 0) is 13.0 Å². The number of aryl methyl sites for hydroxylation is 1. The van der Waals surface area contributed by atoms with E-state index in [1.54, 1.807) is 24.3 Å². The van der Waals surface area contributed by atoms with Crippen molar-refractivity contribution in [3.05, 3.63) is 34.3 Å². The Labute approximate surface area is 134 Å². The third-order valence-corrected chi connectivity index (χ3v) is 4.23. The standard InChI is InChI=1S/C14H13F2N5OS/c1-2-11-18-19-14(23-11)13(22)17-12-8-5-3-4-6-9(8)21(20-12)7-10(15)16/h3-6,10H,2,7H2,1H3,(H,17,20,22). The maximum absolute atomic E-state index is 12.7. The van der Waals surface area contributed by atoms with Crippen molar-refractivity contribution in [1.29, 1.82) is 0 Å². The molecule has 120 valence electrons. The molecular formula is C14H13F2N5OS. The summed E-state index contributed by atoms with van der Waals surface area (Å²) in [5, 5.41) is 16.0. The molecule has 6 nitrogen and oxygen atoms in total. The van der Waals surface area contributed by atoms with Crippen LogP contribution in [0.2, 0.25) is 0 Å². The second kappa shape index (κ2) is 6.37. The summed E-state index contributed by atoms with van der Waals surface area (Å²) in [4.78, 5) is 12.2. The lowest BCUT2D eigenvalue weighted by atomic mass is 10.2. The molecule has 0 bridgehead atoms. The van der Waals surface area contributed by atoms with Gasteiger partial charge in [-0.2, -0.15) is 5.10 Å². The first-order chi connectivity index (χ1) is 11.1. The average Bonchev–Trinajstić information content (AvgIpc) is 3.13. The third-order valence-electron chi connectivity index (χ3n) is 3.16. The lowest BCUT2D eigenvalue weighted by Crippen LogP contribution is -2.13. The van der Waals surface area contributed by atoms with Crippen LogP contribution in [0.3, 0.4) is 0 Å². The molecule has 23 heavy (non-hydrogen) atoms. The van der Waals surface area contributed by atoms with Gasteiger partial charge in [0.05, 0.1) is 5.52 Å². The predicted molar refractivity (Wildman–Crippen MR) is 83.0 cm³/mol. The monoisotopic (exact) mass is 337 g/mol. The number of halogens is 2. The van der Waals surface area contributed by atoms with E-state index in [1.165, 1.54) is 16.0 Å². The van der Waals surface area contributed by atoms with Crippen LogP contribution >= 0.6 is 11.3 Å². The highest BCUT2D eigenvalue weighted by molar-refractivity contribution is 7.13. The van der Waals surface area contributed by atoms with Gasteiger partial charge in [-0.25, -0.2) is 8.78 Å². The Balaban J connectivity index is 1.91. The minimum Gasteiger partial charge on any atom is -0.302 e. The number of amides is 1. The maximum Gasteiger partial charge on any atom is 0.287 e. The molecule has 2 aromatic heterocycles. The Bertz CT molecular complexity index is 845. The minimum atomic E-state index is -2.53. The number of hydrogen-bond acceptors (Lipinski definition) is 5. The van der Waals surface area contributed by atoms with E-state index in [2.05, 4.69) is 20.6 Å². The Hall–Kier alpha value is -2.42. The van der Waals surface area contributed by atoms with Crippen molar-refractivity contribution in [2.45, 2.75) is 26.3 Å². The van der Waals surface area contributed by atoms with Crippen molar-refractivity contribution >= 4 is 34.0 Å². The van der Waals surface area contributed by atoms with Crippen molar-refractivity contribution in [3.63, 3.8) is 0 Å². The van der Waals surface area contributed by atoms with Crippen molar-refractivity contribution < 1.29 is 13.6 Å². The Morgan fingerprint density at radius 3 is 2.83 bits per heavy atom. The molecule has 3 aromatic rings. The molecule has 0 radical (unpaired) electrons. The molecule has 0 spiro atoms. The van der Waals surface area contributed by atoms with Gasteiger partial charge in [0.2, 0.25) is 5.01 Å². The van der Waals surface area contributed by atoms with E-state index >= 15 is 0 Å². The molecular weight excluding hydrogens is 324 g/mol. The molecule has 0 aliphatic rings. The number of aromatic nitrogens is 4. The summed E-state index contributed by atoms with van der Waals surface area (Å²) in [6, 6.07) is 6.89. The first-order valence-electron chi connectivity index (χ1n) is 6.96. The van der Waals surface area contributed by atoms with Crippen LogP contribution < -0.4 is 5.32 Å². The molecule has 2 heterocycles. The second-order valence-electron chi connectivity index (χ2n) is 4.75. The Morgan fingerprint density at radius 2 is 2.13 bits per heavy atom. The Morgan fingerprint density at radius 1 is 1.35 bits per heavy atom. The quantitative estimate of drug-likeness (QED) is 0.777. The molecule has 1 amide bonds. The van der Waals surface area contributed by atoms with Crippen LogP contribution in [-0.4, -0.2) is 32.3 Å². The maximum atomic E-state index is 12.7. The van der Waals surface area contributed by atoms with E-state index in [1.807, 2.05) is 6.92 Å². The highest BCUT2D eigenvalue weighted by atomic mass is 32.1. The number of hydrogen-bond donors (Lipinski definition) is 1. The summed E-state index contributed by atoms with van der Waals surface area (Å²) >= 11 is 1.19. The first-order valence-corrected chi connectivity index (χ1v) is 7.77. The second-order valence-corrected chi connectivity index (χ2v) is 5.81. The van der Waals surface area contributed by atoms with E-state index in [4.69, 9.17) is 0 Å². The zero-order chi connectivity index (χ0) is 16.4. The number of fused-ring (bicyclic) bond motifs is 1. The molecule has 0 fully saturated rings.